The average molecular weight is 452 g/mol. The second-order valence-electron chi connectivity index (χ2n) is 9.05. The monoisotopic (exact) mass is 451 g/mol. The SMILES string of the molecule is Cc1cccc2c1CN(CC(O)CNC(=O)c1ccnc(NC3CCN(C=O)CC3)c1)CC2. The molecule has 1 saturated heterocycles. The summed E-state index contributed by atoms with van der Waals surface area (Å²) in [6.07, 6.45) is 4.55. The van der Waals surface area contributed by atoms with Crippen LogP contribution in [-0.4, -0.2) is 77.1 Å². The molecule has 0 aliphatic carbocycles. The van der Waals surface area contributed by atoms with Gasteiger partial charge in [-0.05, 0) is 55.0 Å². The van der Waals surface area contributed by atoms with E-state index < -0.39 is 6.10 Å². The molecule has 1 fully saturated rings. The molecule has 4 rings (SSSR count). The van der Waals surface area contributed by atoms with Crippen LogP contribution in [-0.2, 0) is 17.8 Å². The normalized spacial score (nSPS) is 17.8. The van der Waals surface area contributed by atoms with E-state index in [1.165, 1.54) is 16.7 Å². The van der Waals surface area contributed by atoms with Crippen LogP contribution in [0.5, 0.6) is 0 Å². The minimum Gasteiger partial charge on any atom is -0.390 e. The van der Waals surface area contributed by atoms with E-state index in [-0.39, 0.29) is 18.5 Å². The van der Waals surface area contributed by atoms with E-state index in [9.17, 15) is 14.7 Å². The zero-order chi connectivity index (χ0) is 23.2. The van der Waals surface area contributed by atoms with Crippen molar-refractivity contribution in [2.75, 3.05) is 38.0 Å². The maximum Gasteiger partial charge on any atom is 0.251 e. The number of piperidine rings is 1. The smallest absolute Gasteiger partial charge is 0.251 e. The average Bonchev–Trinajstić information content (AvgIpc) is 2.84. The Labute approximate surface area is 195 Å². The van der Waals surface area contributed by atoms with Gasteiger partial charge in [-0.3, -0.25) is 14.5 Å². The lowest BCUT2D eigenvalue weighted by Gasteiger charge is -2.31. The highest BCUT2D eigenvalue weighted by atomic mass is 16.3. The summed E-state index contributed by atoms with van der Waals surface area (Å²) < 4.78 is 0. The molecule has 8 nitrogen and oxygen atoms in total. The van der Waals surface area contributed by atoms with E-state index in [1.807, 2.05) is 0 Å². The van der Waals surface area contributed by atoms with Gasteiger partial charge in [0.1, 0.15) is 5.82 Å². The van der Waals surface area contributed by atoms with E-state index in [0.717, 1.165) is 51.9 Å². The number of nitrogens with zero attached hydrogens (tertiary/aromatic N) is 3. The van der Waals surface area contributed by atoms with Crippen LogP contribution in [0.4, 0.5) is 5.82 Å². The Balaban J connectivity index is 1.24. The first-order valence-corrected chi connectivity index (χ1v) is 11.7. The van der Waals surface area contributed by atoms with Crippen molar-refractivity contribution >= 4 is 18.1 Å². The number of β-amino-alcohol motifs (C(OH)–C–C–N with tert-alkyl or cyclic N) is 1. The summed E-state index contributed by atoms with van der Waals surface area (Å²) in [6.45, 7) is 6.04. The highest BCUT2D eigenvalue weighted by Gasteiger charge is 2.21. The molecule has 0 bridgehead atoms. The van der Waals surface area contributed by atoms with Crippen molar-refractivity contribution in [3.63, 3.8) is 0 Å². The van der Waals surface area contributed by atoms with Crippen LogP contribution in [0, 0.1) is 6.92 Å². The molecule has 2 aromatic rings. The van der Waals surface area contributed by atoms with Gasteiger partial charge in [0.2, 0.25) is 6.41 Å². The third-order valence-electron chi connectivity index (χ3n) is 6.61. The number of pyridine rings is 1. The molecule has 0 saturated carbocycles. The Morgan fingerprint density at radius 2 is 2.09 bits per heavy atom. The molecular weight excluding hydrogens is 418 g/mol. The van der Waals surface area contributed by atoms with Crippen molar-refractivity contribution in [2.45, 2.75) is 44.9 Å². The molecule has 33 heavy (non-hydrogen) atoms. The Morgan fingerprint density at radius 1 is 1.27 bits per heavy atom. The molecule has 1 aromatic heterocycles. The molecule has 0 radical (unpaired) electrons. The molecule has 8 heteroatoms. The fourth-order valence-electron chi connectivity index (χ4n) is 4.64. The van der Waals surface area contributed by atoms with Crippen LogP contribution in [0.25, 0.3) is 0 Å². The quantitative estimate of drug-likeness (QED) is 0.527. The summed E-state index contributed by atoms with van der Waals surface area (Å²) in [7, 11) is 0. The summed E-state index contributed by atoms with van der Waals surface area (Å²) in [5.41, 5.74) is 4.54. The highest BCUT2D eigenvalue weighted by molar-refractivity contribution is 5.94. The Bertz CT molecular complexity index is 974. The van der Waals surface area contributed by atoms with E-state index in [4.69, 9.17) is 0 Å². The van der Waals surface area contributed by atoms with Gasteiger partial charge in [-0.25, -0.2) is 4.98 Å². The van der Waals surface area contributed by atoms with Crippen molar-refractivity contribution in [3.05, 3.63) is 58.8 Å². The van der Waals surface area contributed by atoms with Gasteiger partial charge in [-0.1, -0.05) is 18.2 Å². The van der Waals surface area contributed by atoms with Gasteiger partial charge in [0.15, 0.2) is 0 Å². The number of hydrogen-bond donors (Lipinski definition) is 3. The van der Waals surface area contributed by atoms with Crippen LogP contribution in [0.3, 0.4) is 0 Å². The molecule has 2 amide bonds. The third kappa shape index (κ3) is 6.09. The largest absolute Gasteiger partial charge is 0.390 e. The van der Waals surface area contributed by atoms with Crippen molar-refractivity contribution in [2.24, 2.45) is 0 Å². The fraction of sp³-hybridized carbons (Fsp3) is 0.480. The third-order valence-corrected chi connectivity index (χ3v) is 6.61. The van der Waals surface area contributed by atoms with Crippen LogP contribution in [0.1, 0.15) is 39.9 Å². The molecule has 0 spiro atoms. The van der Waals surface area contributed by atoms with Crippen molar-refractivity contribution < 1.29 is 14.7 Å². The number of carbonyl (C=O) groups is 2. The molecule has 3 N–H and O–H groups in total. The zero-order valence-corrected chi connectivity index (χ0v) is 19.2. The number of likely N-dealkylation sites (tertiary alicyclic amines) is 1. The number of rotatable bonds is 8. The second kappa shape index (κ2) is 10.8. The number of anilines is 1. The number of aromatic nitrogens is 1. The highest BCUT2D eigenvalue weighted by Crippen LogP contribution is 2.22. The van der Waals surface area contributed by atoms with Gasteiger partial charge >= 0.3 is 0 Å². The number of fused-ring (bicyclic) bond motifs is 1. The summed E-state index contributed by atoms with van der Waals surface area (Å²) in [4.78, 5) is 31.8. The van der Waals surface area contributed by atoms with Crippen LogP contribution >= 0.6 is 0 Å². The summed E-state index contributed by atoms with van der Waals surface area (Å²) in [6, 6.07) is 10.1. The Kier molecular flexibility index (Phi) is 7.57. The summed E-state index contributed by atoms with van der Waals surface area (Å²) >= 11 is 0. The molecule has 1 aromatic carbocycles. The van der Waals surface area contributed by atoms with Gasteiger partial charge in [0.25, 0.3) is 5.91 Å². The predicted molar refractivity (Wildman–Crippen MR) is 127 cm³/mol. The molecule has 3 heterocycles. The minimum atomic E-state index is -0.637. The first-order valence-electron chi connectivity index (χ1n) is 11.7. The maximum atomic E-state index is 12.6. The Hall–Kier alpha value is -2.97. The molecule has 176 valence electrons. The van der Waals surface area contributed by atoms with Crippen molar-refractivity contribution in [1.29, 1.82) is 0 Å². The number of carbonyl (C=O) groups excluding carboxylic acids is 2. The predicted octanol–water partition coefficient (Wildman–Crippen LogP) is 1.57. The van der Waals surface area contributed by atoms with Gasteiger partial charge in [0, 0.05) is 57.1 Å². The molecule has 1 unspecified atom stereocenters. The molecule has 1 atom stereocenters. The number of amides is 2. The van der Waals surface area contributed by atoms with Gasteiger partial charge in [0.05, 0.1) is 6.10 Å². The van der Waals surface area contributed by atoms with E-state index in [1.54, 1.807) is 23.2 Å². The fourth-order valence-corrected chi connectivity index (χ4v) is 4.64. The molecule has 2 aliphatic heterocycles. The van der Waals surface area contributed by atoms with E-state index in [2.05, 4.69) is 45.6 Å². The van der Waals surface area contributed by atoms with E-state index >= 15 is 0 Å². The first-order chi connectivity index (χ1) is 16.0. The van der Waals surface area contributed by atoms with E-state index in [0.29, 0.717) is 17.9 Å². The molecule has 2 aliphatic rings. The van der Waals surface area contributed by atoms with Gasteiger partial charge < -0.3 is 20.6 Å². The zero-order valence-electron chi connectivity index (χ0n) is 19.2. The van der Waals surface area contributed by atoms with Crippen LogP contribution in [0.15, 0.2) is 36.5 Å². The van der Waals surface area contributed by atoms with Crippen molar-refractivity contribution in [3.8, 4) is 0 Å². The summed E-state index contributed by atoms with van der Waals surface area (Å²) in [5.74, 6) is 0.421. The first kappa shape index (κ1) is 23.2. The van der Waals surface area contributed by atoms with Gasteiger partial charge in [-0.15, -0.1) is 0 Å². The second-order valence-corrected chi connectivity index (χ2v) is 9.05. The minimum absolute atomic E-state index is 0.200. The van der Waals surface area contributed by atoms with Crippen LogP contribution < -0.4 is 10.6 Å². The number of nitrogens with one attached hydrogen (secondary N) is 2. The lowest BCUT2D eigenvalue weighted by Crippen LogP contribution is -2.42. The maximum absolute atomic E-state index is 12.6. The number of hydrogen-bond acceptors (Lipinski definition) is 6. The number of aliphatic hydroxyl groups excluding tert-OH is 1. The lowest BCUT2D eigenvalue weighted by molar-refractivity contribution is -0.118. The van der Waals surface area contributed by atoms with Crippen LogP contribution in [0.2, 0.25) is 0 Å². The number of aliphatic hydroxyl groups is 1. The van der Waals surface area contributed by atoms with Crippen molar-refractivity contribution in [1.82, 2.24) is 20.1 Å². The standard InChI is InChI=1S/C25H33N5O3/c1-18-3-2-4-19-6-10-30(16-23(18)19)15-22(32)14-27-25(33)20-5-9-26-24(13-20)28-21-7-11-29(17-31)12-8-21/h2-5,9,13,17,21-22,32H,6-8,10-12,14-16H2,1H3,(H,26,28)(H,27,33). The Morgan fingerprint density at radius 3 is 2.88 bits per heavy atom. The number of benzene rings is 1. The lowest BCUT2D eigenvalue weighted by atomic mass is 9.95. The van der Waals surface area contributed by atoms with Gasteiger partial charge in [-0.2, -0.15) is 0 Å². The number of aryl methyl sites for hydroxylation is 1. The topological polar surface area (TPSA) is 97.8 Å². The summed E-state index contributed by atoms with van der Waals surface area (Å²) in [5, 5.41) is 16.7. The molecular formula is C25H33N5O3.